The molecule has 1 rings (SSSR count). The fraction of sp³-hybridized carbons (Fsp3) is 0.692. The van der Waals surface area contributed by atoms with E-state index in [1.54, 1.807) is 25.5 Å². The van der Waals surface area contributed by atoms with Gasteiger partial charge in [0.2, 0.25) is 0 Å². The van der Waals surface area contributed by atoms with Crippen LogP contribution in [0.25, 0.3) is 0 Å². The second-order valence-electron chi connectivity index (χ2n) is 4.92. The average Bonchev–Trinajstić information content (AvgIpc) is 2.79. The van der Waals surface area contributed by atoms with Crippen molar-refractivity contribution >= 4 is 41.3 Å². The van der Waals surface area contributed by atoms with Gasteiger partial charge in [0, 0.05) is 39.0 Å². The number of aromatic nitrogens is 1. The molecule has 0 aliphatic carbocycles. The van der Waals surface area contributed by atoms with Gasteiger partial charge in [-0.15, -0.1) is 35.3 Å². The molecule has 0 radical (unpaired) electrons. The van der Waals surface area contributed by atoms with Gasteiger partial charge in [-0.2, -0.15) is 0 Å². The topological polar surface area (TPSA) is 58.5 Å². The highest BCUT2D eigenvalue weighted by atomic mass is 127. The van der Waals surface area contributed by atoms with E-state index < -0.39 is 0 Å². The second-order valence-corrected chi connectivity index (χ2v) is 5.99. The molecule has 0 aromatic carbocycles. The summed E-state index contributed by atoms with van der Waals surface area (Å²) in [6, 6.07) is 0. The molecule has 1 heterocycles. The molecule has 5 nitrogen and oxygen atoms in total. The lowest BCUT2D eigenvalue weighted by molar-refractivity contribution is 0.0268. The molecule has 1 aromatic rings. The van der Waals surface area contributed by atoms with Crippen LogP contribution >= 0.6 is 35.3 Å². The molecule has 20 heavy (non-hydrogen) atoms. The Morgan fingerprint density at radius 1 is 1.45 bits per heavy atom. The van der Waals surface area contributed by atoms with Crippen LogP contribution in [0.3, 0.4) is 0 Å². The number of halogens is 1. The van der Waals surface area contributed by atoms with Crippen LogP contribution in [0.5, 0.6) is 0 Å². The second kappa shape index (κ2) is 9.51. The summed E-state index contributed by atoms with van der Waals surface area (Å²) in [7, 11) is 3.48. The molecule has 0 aliphatic heterocycles. The molecular weight excluding hydrogens is 387 g/mol. The largest absolute Gasteiger partial charge is 0.377 e. The van der Waals surface area contributed by atoms with Crippen molar-refractivity contribution in [2.45, 2.75) is 32.8 Å². The van der Waals surface area contributed by atoms with Crippen molar-refractivity contribution in [3.63, 3.8) is 0 Å². The predicted molar refractivity (Wildman–Crippen MR) is 96.4 cm³/mol. The minimum Gasteiger partial charge on any atom is -0.377 e. The van der Waals surface area contributed by atoms with Gasteiger partial charge in [-0.05, 0) is 20.8 Å². The zero-order valence-electron chi connectivity index (χ0n) is 12.8. The monoisotopic (exact) mass is 412 g/mol. The molecule has 0 fully saturated rings. The van der Waals surface area contributed by atoms with E-state index >= 15 is 0 Å². The van der Waals surface area contributed by atoms with E-state index in [1.807, 2.05) is 20.8 Å². The number of nitrogens with one attached hydrogen (secondary N) is 2. The van der Waals surface area contributed by atoms with E-state index in [2.05, 4.69) is 26.0 Å². The molecule has 116 valence electrons. The molecule has 1 aromatic heterocycles. The number of thiazole rings is 1. The fourth-order valence-electron chi connectivity index (χ4n) is 1.42. The van der Waals surface area contributed by atoms with Crippen molar-refractivity contribution < 1.29 is 4.74 Å². The van der Waals surface area contributed by atoms with E-state index in [9.17, 15) is 0 Å². The quantitative estimate of drug-likeness (QED) is 0.428. The van der Waals surface area contributed by atoms with Crippen molar-refractivity contribution in [1.82, 2.24) is 15.6 Å². The summed E-state index contributed by atoms with van der Waals surface area (Å²) in [5, 5.41) is 9.73. The summed E-state index contributed by atoms with van der Waals surface area (Å²) in [5.41, 5.74) is 0.923. The van der Waals surface area contributed by atoms with Crippen LogP contribution in [0.1, 0.15) is 24.5 Å². The van der Waals surface area contributed by atoms with Crippen molar-refractivity contribution in [2.75, 3.05) is 27.2 Å². The molecule has 0 amide bonds. The van der Waals surface area contributed by atoms with Crippen LogP contribution in [0.4, 0.5) is 0 Å². The number of ether oxygens (including phenoxy) is 1. The summed E-state index contributed by atoms with van der Waals surface area (Å²) < 4.78 is 5.36. The average molecular weight is 412 g/mol. The van der Waals surface area contributed by atoms with E-state index in [0.717, 1.165) is 29.6 Å². The van der Waals surface area contributed by atoms with Gasteiger partial charge in [0.1, 0.15) is 0 Å². The first-order chi connectivity index (χ1) is 8.96. The molecule has 0 unspecified atom stereocenters. The first kappa shape index (κ1) is 19.6. The third kappa shape index (κ3) is 7.39. The van der Waals surface area contributed by atoms with Crippen molar-refractivity contribution in [3.05, 3.63) is 16.1 Å². The van der Waals surface area contributed by atoms with E-state index in [1.165, 1.54) is 0 Å². The van der Waals surface area contributed by atoms with Crippen LogP contribution < -0.4 is 10.6 Å². The first-order valence-electron chi connectivity index (χ1n) is 6.37. The highest BCUT2D eigenvalue weighted by molar-refractivity contribution is 14.0. The predicted octanol–water partition coefficient (Wildman–Crippen LogP) is 2.20. The van der Waals surface area contributed by atoms with Crippen LogP contribution in [0, 0.1) is 6.92 Å². The SMILES string of the molecule is CN=C(NCCc1csc(C)n1)NCC(C)(C)OC.I. The fourth-order valence-corrected chi connectivity index (χ4v) is 2.07. The van der Waals surface area contributed by atoms with E-state index in [4.69, 9.17) is 4.74 Å². The molecule has 0 spiro atoms. The zero-order chi connectivity index (χ0) is 14.3. The van der Waals surface area contributed by atoms with Crippen LogP contribution in [-0.2, 0) is 11.2 Å². The minimum absolute atomic E-state index is 0. The highest BCUT2D eigenvalue weighted by Crippen LogP contribution is 2.07. The summed E-state index contributed by atoms with van der Waals surface area (Å²) in [4.78, 5) is 8.61. The maximum Gasteiger partial charge on any atom is 0.191 e. The number of methoxy groups -OCH3 is 1. The Morgan fingerprint density at radius 3 is 2.65 bits per heavy atom. The van der Waals surface area contributed by atoms with Gasteiger partial charge in [0.05, 0.1) is 16.3 Å². The lowest BCUT2D eigenvalue weighted by Gasteiger charge is -2.24. The number of guanidine groups is 1. The number of rotatable bonds is 6. The smallest absolute Gasteiger partial charge is 0.191 e. The molecule has 0 aliphatic rings. The number of aliphatic imine (C=N–C) groups is 1. The van der Waals surface area contributed by atoms with Crippen LogP contribution in [0.15, 0.2) is 10.4 Å². The Bertz CT molecular complexity index is 420. The number of aryl methyl sites for hydroxylation is 1. The van der Waals surface area contributed by atoms with Gasteiger partial charge in [0.25, 0.3) is 0 Å². The van der Waals surface area contributed by atoms with Gasteiger partial charge in [-0.25, -0.2) is 4.98 Å². The Balaban J connectivity index is 0.00000361. The zero-order valence-corrected chi connectivity index (χ0v) is 16.0. The van der Waals surface area contributed by atoms with Crippen LogP contribution in [-0.4, -0.2) is 43.8 Å². The lowest BCUT2D eigenvalue weighted by atomic mass is 10.1. The number of nitrogens with zero attached hydrogens (tertiary/aromatic N) is 2. The molecule has 0 saturated heterocycles. The summed E-state index contributed by atoms with van der Waals surface area (Å²) in [5.74, 6) is 0.789. The maximum atomic E-state index is 5.36. The van der Waals surface area contributed by atoms with Crippen molar-refractivity contribution in [2.24, 2.45) is 4.99 Å². The Morgan fingerprint density at radius 2 is 2.15 bits per heavy atom. The Hall–Kier alpha value is -0.410. The number of hydrogen-bond donors (Lipinski definition) is 2. The molecule has 0 atom stereocenters. The summed E-state index contributed by atoms with van der Waals surface area (Å²) >= 11 is 1.68. The Labute approximate surface area is 142 Å². The van der Waals surface area contributed by atoms with Crippen molar-refractivity contribution in [3.8, 4) is 0 Å². The lowest BCUT2D eigenvalue weighted by Crippen LogP contribution is -2.45. The molecular formula is C13H25IN4OS. The van der Waals surface area contributed by atoms with Gasteiger partial charge < -0.3 is 15.4 Å². The van der Waals surface area contributed by atoms with Gasteiger partial charge in [-0.1, -0.05) is 0 Å². The van der Waals surface area contributed by atoms with Gasteiger partial charge >= 0.3 is 0 Å². The third-order valence-corrected chi connectivity index (χ3v) is 3.62. The highest BCUT2D eigenvalue weighted by Gasteiger charge is 2.16. The van der Waals surface area contributed by atoms with Crippen LogP contribution in [0.2, 0.25) is 0 Å². The maximum absolute atomic E-state index is 5.36. The molecule has 0 saturated carbocycles. The molecule has 7 heteroatoms. The number of hydrogen-bond acceptors (Lipinski definition) is 4. The molecule has 2 N–H and O–H groups in total. The summed E-state index contributed by atoms with van der Waals surface area (Å²) in [6.07, 6.45) is 0.901. The molecule has 0 bridgehead atoms. The Kier molecular flexibility index (Phi) is 9.32. The summed E-state index contributed by atoms with van der Waals surface area (Å²) in [6.45, 7) is 7.61. The van der Waals surface area contributed by atoms with E-state index in [-0.39, 0.29) is 29.6 Å². The normalized spacial score (nSPS) is 11.9. The third-order valence-electron chi connectivity index (χ3n) is 2.80. The minimum atomic E-state index is -0.205. The van der Waals surface area contributed by atoms with Gasteiger partial charge in [0.15, 0.2) is 5.96 Å². The first-order valence-corrected chi connectivity index (χ1v) is 7.25. The van der Waals surface area contributed by atoms with E-state index in [0.29, 0.717) is 6.54 Å². The van der Waals surface area contributed by atoms with Gasteiger partial charge in [-0.3, -0.25) is 4.99 Å². The standard InChI is InChI=1S/C13H24N4OS.HI/c1-10-17-11(8-19-10)6-7-15-12(14-4)16-9-13(2,3)18-5;/h8H,6-7,9H2,1-5H3,(H2,14,15,16);1H. The van der Waals surface area contributed by atoms with Crippen molar-refractivity contribution in [1.29, 1.82) is 0 Å².